The van der Waals surface area contributed by atoms with Gasteiger partial charge in [-0.1, -0.05) is 23.7 Å². The standard InChI is InChI=1S/C22H22ClN3O4/c1-4-25-21(27)13-30-17-7-5-15(6-8-17)10-16(12-24)22(28)26-19-9-14(2)18(23)11-20(19)29-3/h5-11H,4,13H2,1-3H3,(H,25,27)(H,26,28)/b16-10-. The lowest BCUT2D eigenvalue weighted by Gasteiger charge is -2.12. The van der Waals surface area contributed by atoms with Crippen LogP contribution in [0.4, 0.5) is 5.69 Å². The van der Waals surface area contributed by atoms with E-state index in [-0.39, 0.29) is 18.1 Å². The highest BCUT2D eigenvalue weighted by atomic mass is 35.5. The van der Waals surface area contributed by atoms with Crippen LogP contribution in [-0.4, -0.2) is 32.1 Å². The zero-order valence-corrected chi connectivity index (χ0v) is 17.7. The molecule has 2 aromatic carbocycles. The summed E-state index contributed by atoms with van der Waals surface area (Å²) < 4.78 is 10.6. The molecule has 30 heavy (non-hydrogen) atoms. The average molecular weight is 428 g/mol. The van der Waals surface area contributed by atoms with Gasteiger partial charge in [-0.3, -0.25) is 9.59 Å². The van der Waals surface area contributed by atoms with Gasteiger partial charge in [-0.05, 0) is 49.2 Å². The van der Waals surface area contributed by atoms with Gasteiger partial charge in [0, 0.05) is 17.6 Å². The van der Waals surface area contributed by atoms with Crippen LogP contribution in [0.1, 0.15) is 18.1 Å². The first-order valence-electron chi connectivity index (χ1n) is 9.14. The van der Waals surface area contributed by atoms with Crippen LogP contribution in [0.3, 0.4) is 0 Å². The molecular weight excluding hydrogens is 406 g/mol. The summed E-state index contributed by atoms with van der Waals surface area (Å²) in [5.41, 5.74) is 1.73. The Bertz CT molecular complexity index is 995. The van der Waals surface area contributed by atoms with Crippen molar-refractivity contribution >= 4 is 35.2 Å². The third kappa shape index (κ3) is 6.26. The number of rotatable bonds is 8. The molecule has 2 rings (SSSR count). The van der Waals surface area contributed by atoms with Crippen molar-refractivity contribution in [1.82, 2.24) is 5.32 Å². The van der Waals surface area contributed by atoms with Gasteiger partial charge in [-0.25, -0.2) is 0 Å². The van der Waals surface area contributed by atoms with Crippen LogP contribution in [0.5, 0.6) is 11.5 Å². The summed E-state index contributed by atoms with van der Waals surface area (Å²) in [5.74, 6) is 0.111. The molecule has 2 N–H and O–H groups in total. The highest BCUT2D eigenvalue weighted by molar-refractivity contribution is 6.31. The molecule has 0 spiro atoms. The van der Waals surface area contributed by atoms with Gasteiger partial charge < -0.3 is 20.1 Å². The average Bonchev–Trinajstić information content (AvgIpc) is 2.73. The van der Waals surface area contributed by atoms with Crippen LogP contribution in [-0.2, 0) is 9.59 Å². The Kier molecular flexibility index (Phi) is 8.27. The zero-order valence-electron chi connectivity index (χ0n) is 16.9. The van der Waals surface area contributed by atoms with Gasteiger partial charge in [-0.2, -0.15) is 5.26 Å². The summed E-state index contributed by atoms with van der Waals surface area (Å²) in [6, 6.07) is 11.9. The Labute approximate surface area is 180 Å². The molecule has 0 atom stereocenters. The minimum Gasteiger partial charge on any atom is -0.495 e. The van der Waals surface area contributed by atoms with Gasteiger partial charge in [0.25, 0.3) is 11.8 Å². The van der Waals surface area contributed by atoms with Crippen molar-refractivity contribution in [2.75, 3.05) is 25.6 Å². The van der Waals surface area contributed by atoms with E-state index in [9.17, 15) is 14.9 Å². The number of likely N-dealkylation sites (N-methyl/N-ethyl adjacent to an activating group) is 1. The number of carbonyl (C=O) groups is 2. The normalized spacial score (nSPS) is 10.7. The van der Waals surface area contributed by atoms with Crippen LogP contribution in [0.2, 0.25) is 5.02 Å². The predicted octanol–water partition coefficient (Wildman–Crippen LogP) is 3.72. The first kappa shape index (κ1) is 22.8. The minimum absolute atomic E-state index is 0.0827. The van der Waals surface area contributed by atoms with Crippen LogP contribution >= 0.6 is 11.6 Å². The van der Waals surface area contributed by atoms with E-state index >= 15 is 0 Å². The molecule has 0 aliphatic rings. The maximum Gasteiger partial charge on any atom is 0.266 e. The summed E-state index contributed by atoms with van der Waals surface area (Å²) in [6.07, 6.45) is 1.46. The van der Waals surface area contributed by atoms with E-state index in [1.54, 1.807) is 43.3 Å². The Morgan fingerprint density at radius 1 is 1.23 bits per heavy atom. The number of anilines is 1. The molecule has 0 fully saturated rings. The maximum atomic E-state index is 12.6. The molecule has 2 amide bonds. The molecule has 0 aliphatic carbocycles. The fourth-order valence-corrected chi connectivity index (χ4v) is 2.65. The molecule has 0 aromatic heterocycles. The van der Waals surface area contributed by atoms with Gasteiger partial charge >= 0.3 is 0 Å². The van der Waals surface area contributed by atoms with E-state index in [0.29, 0.717) is 34.3 Å². The van der Waals surface area contributed by atoms with Crippen LogP contribution in [0.15, 0.2) is 42.0 Å². The Balaban J connectivity index is 2.12. The maximum absolute atomic E-state index is 12.6. The van der Waals surface area contributed by atoms with Crippen molar-refractivity contribution in [2.45, 2.75) is 13.8 Å². The second kappa shape index (κ2) is 10.9. The number of hydrogen-bond acceptors (Lipinski definition) is 5. The minimum atomic E-state index is -0.575. The molecule has 2 aromatic rings. The van der Waals surface area contributed by atoms with Crippen LogP contribution in [0.25, 0.3) is 6.08 Å². The lowest BCUT2D eigenvalue weighted by atomic mass is 10.1. The van der Waals surface area contributed by atoms with Gasteiger partial charge in [-0.15, -0.1) is 0 Å². The monoisotopic (exact) mass is 427 g/mol. The number of aryl methyl sites for hydroxylation is 1. The number of nitrogens with zero attached hydrogens (tertiary/aromatic N) is 1. The molecule has 0 saturated carbocycles. The van der Waals surface area contributed by atoms with Gasteiger partial charge in [0.2, 0.25) is 0 Å². The molecule has 7 nitrogen and oxygen atoms in total. The summed E-state index contributed by atoms with van der Waals surface area (Å²) in [6.45, 7) is 4.07. The fourth-order valence-electron chi connectivity index (χ4n) is 2.49. The molecular formula is C22H22ClN3O4. The molecule has 0 heterocycles. The highest BCUT2D eigenvalue weighted by Gasteiger charge is 2.14. The van der Waals surface area contributed by atoms with E-state index in [2.05, 4.69) is 10.6 Å². The molecule has 0 bridgehead atoms. The van der Waals surface area contributed by atoms with E-state index in [1.807, 2.05) is 13.0 Å². The molecule has 0 saturated heterocycles. The summed E-state index contributed by atoms with van der Waals surface area (Å²) in [7, 11) is 1.47. The van der Waals surface area contributed by atoms with Crippen molar-refractivity contribution in [2.24, 2.45) is 0 Å². The van der Waals surface area contributed by atoms with Crippen molar-refractivity contribution in [3.63, 3.8) is 0 Å². The fraction of sp³-hybridized carbons (Fsp3) is 0.227. The summed E-state index contributed by atoms with van der Waals surface area (Å²) in [5, 5.41) is 15.2. The molecule has 0 radical (unpaired) electrons. The van der Waals surface area contributed by atoms with Crippen LogP contribution in [0, 0.1) is 18.3 Å². The van der Waals surface area contributed by atoms with Gasteiger partial charge in [0.1, 0.15) is 23.1 Å². The number of carbonyl (C=O) groups excluding carboxylic acids is 2. The van der Waals surface area contributed by atoms with Crippen molar-refractivity contribution in [3.8, 4) is 17.6 Å². The highest BCUT2D eigenvalue weighted by Crippen LogP contribution is 2.31. The lowest BCUT2D eigenvalue weighted by molar-refractivity contribution is -0.123. The lowest BCUT2D eigenvalue weighted by Crippen LogP contribution is -2.28. The zero-order chi connectivity index (χ0) is 22.1. The summed E-state index contributed by atoms with van der Waals surface area (Å²) >= 11 is 6.08. The van der Waals surface area contributed by atoms with Crippen molar-refractivity contribution < 1.29 is 19.1 Å². The van der Waals surface area contributed by atoms with Crippen molar-refractivity contribution in [1.29, 1.82) is 5.26 Å². The number of benzene rings is 2. The number of ether oxygens (including phenoxy) is 2. The number of nitriles is 1. The number of amides is 2. The molecule has 0 unspecified atom stereocenters. The molecule has 156 valence electrons. The first-order chi connectivity index (χ1) is 14.4. The largest absolute Gasteiger partial charge is 0.495 e. The number of halogens is 1. The Morgan fingerprint density at radius 2 is 1.93 bits per heavy atom. The quantitative estimate of drug-likeness (QED) is 0.494. The van der Waals surface area contributed by atoms with Gasteiger partial charge in [0.15, 0.2) is 6.61 Å². The smallest absolute Gasteiger partial charge is 0.266 e. The Hall–Kier alpha value is -3.50. The van der Waals surface area contributed by atoms with E-state index in [4.69, 9.17) is 21.1 Å². The third-order valence-electron chi connectivity index (χ3n) is 4.03. The van der Waals surface area contributed by atoms with Crippen molar-refractivity contribution in [3.05, 3.63) is 58.1 Å². The second-order valence-electron chi connectivity index (χ2n) is 6.24. The SMILES string of the molecule is CCNC(=O)COc1ccc(/C=C(/C#N)C(=O)Nc2cc(C)c(Cl)cc2OC)cc1. The van der Waals surface area contributed by atoms with Crippen LogP contribution < -0.4 is 20.1 Å². The Morgan fingerprint density at radius 3 is 2.53 bits per heavy atom. The van der Waals surface area contributed by atoms with Gasteiger partial charge in [0.05, 0.1) is 12.8 Å². The topological polar surface area (TPSA) is 100 Å². The van der Waals surface area contributed by atoms with E-state index in [1.165, 1.54) is 13.2 Å². The number of hydrogen-bond donors (Lipinski definition) is 2. The third-order valence-corrected chi connectivity index (χ3v) is 4.44. The van der Waals surface area contributed by atoms with E-state index < -0.39 is 5.91 Å². The summed E-state index contributed by atoms with van der Waals surface area (Å²) in [4.78, 5) is 24.0. The molecule has 0 aliphatic heterocycles. The number of methoxy groups -OCH3 is 1. The molecule has 8 heteroatoms. The first-order valence-corrected chi connectivity index (χ1v) is 9.52. The second-order valence-corrected chi connectivity index (χ2v) is 6.64. The number of nitrogens with one attached hydrogen (secondary N) is 2. The van der Waals surface area contributed by atoms with E-state index in [0.717, 1.165) is 5.56 Å². The predicted molar refractivity (Wildman–Crippen MR) is 116 cm³/mol.